The van der Waals surface area contributed by atoms with Gasteiger partial charge >= 0.3 is 5.97 Å². The van der Waals surface area contributed by atoms with Gasteiger partial charge in [0.1, 0.15) is 0 Å². The molecule has 0 aliphatic rings. The number of hydrogen-bond acceptors (Lipinski definition) is 2. The molecule has 0 atom stereocenters. The van der Waals surface area contributed by atoms with Crippen molar-refractivity contribution in [2.24, 2.45) is 0 Å². The molecule has 0 aromatic heterocycles. The second kappa shape index (κ2) is 5.35. The fraction of sp³-hybridized carbons (Fsp3) is 0.0667. The summed E-state index contributed by atoms with van der Waals surface area (Å²) in [7, 11) is 0. The predicted molar refractivity (Wildman–Crippen MR) is 72.5 cm³/mol. The molecule has 0 unspecified atom stereocenters. The first-order chi connectivity index (χ1) is 9.08. The summed E-state index contributed by atoms with van der Waals surface area (Å²) >= 11 is 0. The third-order valence-corrected chi connectivity index (χ3v) is 2.76. The maximum absolute atomic E-state index is 12.1. The van der Waals surface area contributed by atoms with E-state index in [0.717, 1.165) is 5.56 Å². The molecule has 0 radical (unpaired) electrons. The van der Waals surface area contributed by atoms with Crippen LogP contribution in [-0.2, 0) is 0 Å². The minimum Gasteiger partial charge on any atom is -0.478 e. The van der Waals surface area contributed by atoms with Crippen molar-refractivity contribution in [1.29, 1.82) is 0 Å². The number of carbonyl (C=O) groups excluding carboxylic acids is 1. The van der Waals surface area contributed by atoms with Gasteiger partial charge in [-0.05, 0) is 36.8 Å². The highest BCUT2D eigenvalue weighted by Crippen LogP contribution is 2.14. The third kappa shape index (κ3) is 2.98. The molecule has 0 saturated carbocycles. The molecule has 0 fully saturated rings. The average molecular weight is 255 g/mol. The lowest BCUT2D eigenvalue weighted by Gasteiger charge is -2.08. The molecule has 0 heterocycles. The van der Waals surface area contributed by atoms with Gasteiger partial charge in [0.25, 0.3) is 5.91 Å². The molecule has 2 rings (SSSR count). The van der Waals surface area contributed by atoms with E-state index in [4.69, 9.17) is 5.11 Å². The van der Waals surface area contributed by atoms with Crippen LogP contribution in [0.5, 0.6) is 0 Å². The van der Waals surface area contributed by atoms with Crippen LogP contribution in [0.2, 0.25) is 0 Å². The maximum Gasteiger partial charge on any atom is 0.335 e. The zero-order valence-corrected chi connectivity index (χ0v) is 10.4. The topological polar surface area (TPSA) is 66.4 Å². The van der Waals surface area contributed by atoms with Gasteiger partial charge in [0.15, 0.2) is 0 Å². The Morgan fingerprint density at radius 3 is 2.47 bits per heavy atom. The van der Waals surface area contributed by atoms with E-state index < -0.39 is 5.97 Å². The van der Waals surface area contributed by atoms with Gasteiger partial charge in [0.05, 0.1) is 5.56 Å². The van der Waals surface area contributed by atoms with Gasteiger partial charge in [-0.2, -0.15) is 0 Å². The Morgan fingerprint density at radius 1 is 1.05 bits per heavy atom. The number of hydrogen-bond donors (Lipinski definition) is 2. The molecule has 0 bridgehead atoms. The molecule has 4 heteroatoms. The van der Waals surface area contributed by atoms with Crippen molar-refractivity contribution in [3.63, 3.8) is 0 Å². The summed E-state index contributed by atoms with van der Waals surface area (Å²) < 4.78 is 0. The van der Waals surface area contributed by atoms with E-state index in [1.54, 1.807) is 24.3 Å². The Balaban J connectivity index is 2.22. The van der Waals surface area contributed by atoms with Gasteiger partial charge in [-0.3, -0.25) is 4.79 Å². The second-order valence-electron chi connectivity index (χ2n) is 4.16. The van der Waals surface area contributed by atoms with Gasteiger partial charge in [-0.15, -0.1) is 0 Å². The predicted octanol–water partition coefficient (Wildman–Crippen LogP) is 2.95. The van der Waals surface area contributed by atoms with E-state index in [1.165, 1.54) is 12.1 Å². The molecule has 2 N–H and O–H groups in total. The largest absolute Gasteiger partial charge is 0.478 e. The maximum atomic E-state index is 12.1. The van der Waals surface area contributed by atoms with Gasteiger partial charge in [0, 0.05) is 11.3 Å². The van der Waals surface area contributed by atoms with E-state index in [0.29, 0.717) is 11.3 Å². The van der Waals surface area contributed by atoms with Crippen LogP contribution >= 0.6 is 0 Å². The quantitative estimate of drug-likeness (QED) is 0.886. The van der Waals surface area contributed by atoms with Crippen LogP contribution < -0.4 is 5.32 Å². The number of amides is 1. The number of benzene rings is 2. The van der Waals surface area contributed by atoms with Gasteiger partial charge in [0.2, 0.25) is 0 Å². The number of nitrogens with one attached hydrogen (secondary N) is 1. The molecule has 4 nitrogen and oxygen atoms in total. The van der Waals surface area contributed by atoms with Crippen LogP contribution in [-0.4, -0.2) is 17.0 Å². The van der Waals surface area contributed by atoms with Crippen molar-refractivity contribution < 1.29 is 14.7 Å². The molecule has 19 heavy (non-hydrogen) atoms. The first-order valence-electron chi connectivity index (χ1n) is 5.78. The van der Waals surface area contributed by atoms with Gasteiger partial charge in [-0.1, -0.05) is 24.3 Å². The standard InChI is InChI=1S/C15H13NO3/c1-10-5-2-3-8-13(10)14(17)16-12-7-4-6-11(9-12)15(18)19/h2-9H,1H3,(H,16,17)(H,18,19). The third-order valence-electron chi connectivity index (χ3n) is 2.76. The SMILES string of the molecule is Cc1ccccc1C(=O)Nc1cccc(C(=O)O)c1. The van der Waals surface area contributed by atoms with Crippen molar-refractivity contribution in [2.75, 3.05) is 5.32 Å². The molecule has 0 aliphatic carbocycles. The van der Waals surface area contributed by atoms with Crippen LogP contribution in [0.3, 0.4) is 0 Å². The first-order valence-corrected chi connectivity index (χ1v) is 5.78. The van der Waals surface area contributed by atoms with Crippen molar-refractivity contribution in [3.05, 3.63) is 65.2 Å². The molecular weight excluding hydrogens is 242 g/mol. The average Bonchev–Trinajstić information content (AvgIpc) is 2.39. The fourth-order valence-corrected chi connectivity index (χ4v) is 1.76. The fourth-order valence-electron chi connectivity index (χ4n) is 1.76. The smallest absolute Gasteiger partial charge is 0.335 e. The van der Waals surface area contributed by atoms with E-state index in [9.17, 15) is 9.59 Å². The zero-order valence-electron chi connectivity index (χ0n) is 10.4. The summed E-state index contributed by atoms with van der Waals surface area (Å²) in [6.07, 6.45) is 0. The molecule has 1 amide bonds. The van der Waals surface area contributed by atoms with E-state index >= 15 is 0 Å². The Bertz CT molecular complexity index is 635. The summed E-state index contributed by atoms with van der Waals surface area (Å²) in [5.74, 6) is -1.27. The molecule has 2 aromatic carbocycles. The Morgan fingerprint density at radius 2 is 1.79 bits per heavy atom. The Kier molecular flexibility index (Phi) is 3.61. The first kappa shape index (κ1) is 12.8. The van der Waals surface area contributed by atoms with Crippen molar-refractivity contribution in [2.45, 2.75) is 6.92 Å². The normalized spacial score (nSPS) is 9.95. The summed E-state index contributed by atoms with van der Waals surface area (Å²) in [5, 5.41) is 11.6. The highest BCUT2D eigenvalue weighted by molar-refractivity contribution is 6.05. The summed E-state index contributed by atoms with van der Waals surface area (Å²) in [6.45, 7) is 1.85. The van der Waals surface area contributed by atoms with Gasteiger partial charge in [-0.25, -0.2) is 4.79 Å². The van der Waals surface area contributed by atoms with Crippen LogP contribution in [0, 0.1) is 6.92 Å². The lowest BCUT2D eigenvalue weighted by molar-refractivity contribution is 0.0696. The Labute approximate surface area is 110 Å². The summed E-state index contributed by atoms with van der Waals surface area (Å²) in [4.78, 5) is 22.9. The van der Waals surface area contributed by atoms with Crippen LogP contribution in [0.15, 0.2) is 48.5 Å². The molecule has 96 valence electrons. The van der Waals surface area contributed by atoms with E-state index in [2.05, 4.69) is 5.32 Å². The lowest BCUT2D eigenvalue weighted by atomic mass is 10.1. The molecule has 2 aromatic rings. The number of carboxylic acid groups (broad SMARTS) is 1. The monoisotopic (exact) mass is 255 g/mol. The number of aryl methyl sites for hydroxylation is 1. The molecule has 0 saturated heterocycles. The number of carboxylic acids is 1. The van der Waals surface area contributed by atoms with Crippen molar-refractivity contribution in [1.82, 2.24) is 0 Å². The molecule has 0 aliphatic heterocycles. The molecular formula is C15H13NO3. The zero-order chi connectivity index (χ0) is 13.8. The summed E-state index contributed by atoms with van der Waals surface area (Å²) in [5.41, 5.74) is 2.05. The van der Waals surface area contributed by atoms with Crippen molar-refractivity contribution >= 4 is 17.6 Å². The number of carbonyl (C=O) groups is 2. The second-order valence-corrected chi connectivity index (χ2v) is 4.16. The number of anilines is 1. The highest BCUT2D eigenvalue weighted by Gasteiger charge is 2.09. The van der Waals surface area contributed by atoms with Crippen LogP contribution in [0.4, 0.5) is 5.69 Å². The van der Waals surface area contributed by atoms with Gasteiger partial charge < -0.3 is 10.4 Å². The highest BCUT2D eigenvalue weighted by atomic mass is 16.4. The lowest BCUT2D eigenvalue weighted by Crippen LogP contribution is -2.13. The molecule has 0 spiro atoms. The Hall–Kier alpha value is -2.62. The number of aromatic carboxylic acids is 1. The van der Waals surface area contributed by atoms with E-state index in [-0.39, 0.29) is 11.5 Å². The van der Waals surface area contributed by atoms with Crippen molar-refractivity contribution in [3.8, 4) is 0 Å². The minimum atomic E-state index is -1.02. The minimum absolute atomic E-state index is 0.141. The summed E-state index contributed by atoms with van der Waals surface area (Å²) in [6, 6.07) is 13.4. The van der Waals surface area contributed by atoms with E-state index in [1.807, 2.05) is 19.1 Å². The van der Waals surface area contributed by atoms with Crippen LogP contribution in [0.25, 0.3) is 0 Å². The number of rotatable bonds is 3. The van der Waals surface area contributed by atoms with Crippen LogP contribution in [0.1, 0.15) is 26.3 Å².